The molecule has 184 valence electrons. The molecule has 0 aliphatic carbocycles. The number of hydrogen-bond acceptors (Lipinski definition) is 5. The van der Waals surface area contributed by atoms with Crippen LogP contribution in [-0.4, -0.2) is 40.0 Å². The average Bonchev–Trinajstić information content (AvgIpc) is 2.87. The van der Waals surface area contributed by atoms with Gasteiger partial charge < -0.3 is 20.1 Å². The van der Waals surface area contributed by atoms with Gasteiger partial charge in [0.05, 0.1) is 17.4 Å². The number of aryl methyl sites for hydroxylation is 1. The fraction of sp³-hybridized carbons (Fsp3) is 0.286. The third-order valence-corrected chi connectivity index (χ3v) is 6.86. The van der Waals surface area contributed by atoms with Crippen molar-refractivity contribution in [1.82, 2.24) is 0 Å². The fourth-order valence-corrected chi connectivity index (χ4v) is 4.95. The van der Waals surface area contributed by atoms with Crippen LogP contribution in [0.4, 0.5) is 0 Å². The Balaban J connectivity index is 1.61. The Bertz CT molecular complexity index is 1100. The molecule has 0 amide bonds. The number of aliphatic hydroxyl groups excluding tert-OH is 1. The second-order valence-electron chi connectivity index (χ2n) is 8.19. The number of para-hydroxylation sites is 1. The second kappa shape index (κ2) is 13.6. The monoisotopic (exact) mass is 494 g/mol. The highest BCUT2D eigenvalue weighted by Crippen LogP contribution is 2.42. The molecule has 0 heterocycles. The van der Waals surface area contributed by atoms with Gasteiger partial charge in [0.15, 0.2) is 6.10 Å². The molecule has 35 heavy (non-hydrogen) atoms. The average molecular weight is 495 g/mol. The normalized spacial score (nSPS) is 12.6. The number of benzene rings is 3. The molecule has 0 saturated carbocycles. The molecule has 0 bridgehead atoms. The van der Waals surface area contributed by atoms with Gasteiger partial charge in [-0.15, -0.1) is 11.8 Å². The van der Waals surface area contributed by atoms with Crippen molar-refractivity contribution in [2.24, 2.45) is 0 Å². The van der Waals surface area contributed by atoms with Crippen LogP contribution in [0.1, 0.15) is 52.4 Å². The number of carbonyl (C=O) groups is 2. The summed E-state index contributed by atoms with van der Waals surface area (Å²) in [6.07, 6.45) is 3.45. The standard InChI is InChI=1S/C28H30O6S/c29-25(28(32)33)26(35-22-15-10-14-21(19-22)27(30)31)23-16-7-8-17-24(23)34-18-9-2-1-4-11-20-12-5-3-6-13-20/h3,5-8,10,12-17,19,25-26,29H,1-2,4,9,11,18H2,(H,30,31)(H,32,33). The maximum atomic E-state index is 11.7. The molecule has 0 spiro atoms. The van der Waals surface area contributed by atoms with Crippen molar-refractivity contribution in [3.63, 3.8) is 0 Å². The molecule has 7 heteroatoms. The van der Waals surface area contributed by atoms with Gasteiger partial charge in [-0.3, -0.25) is 0 Å². The van der Waals surface area contributed by atoms with Gasteiger partial charge in [0.25, 0.3) is 0 Å². The van der Waals surface area contributed by atoms with Crippen LogP contribution in [0.5, 0.6) is 5.75 Å². The lowest BCUT2D eigenvalue weighted by molar-refractivity contribution is -0.146. The summed E-state index contributed by atoms with van der Waals surface area (Å²) in [6, 6.07) is 23.7. The van der Waals surface area contributed by atoms with E-state index in [1.165, 1.54) is 17.7 Å². The molecular formula is C28H30O6S. The van der Waals surface area contributed by atoms with Gasteiger partial charge in [0.2, 0.25) is 0 Å². The summed E-state index contributed by atoms with van der Waals surface area (Å²) in [5.74, 6) is -1.91. The van der Waals surface area contributed by atoms with E-state index in [2.05, 4.69) is 24.3 Å². The van der Waals surface area contributed by atoms with Crippen molar-refractivity contribution in [3.05, 3.63) is 95.6 Å². The van der Waals surface area contributed by atoms with E-state index in [0.29, 0.717) is 22.8 Å². The Kier molecular flexibility index (Phi) is 10.2. The summed E-state index contributed by atoms with van der Waals surface area (Å²) in [5.41, 5.74) is 1.99. The van der Waals surface area contributed by atoms with Crippen LogP contribution >= 0.6 is 11.8 Å². The second-order valence-corrected chi connectivity index (χ2v) is 9.41. The van der Waals surface area contributed by atoms with E-state index in [9.17, 15) is 24.9 Å². The minimum atomic E-state index is -1.70. The van der Waals surface area contributed by atoms with Crippen molar-refractivity contribution in [2.75, 3.05) is 6.61 Å². The maximum absolute atomic E-state index is 11.7. The van der Waals surface area contributed by atoms with E-state index < -0.39 is 23.3 Å². The Labute approximate surface area is 209 Å². The van der Waals surface area contributed by atoms with Gasteiger partial charge in [0.1, 0.15) is 5.75 Å². The minimum Gasteiger partial charge on any atom is -0.493 e. The number of carboxylic acid groups (broad SMARTS) is 2. The van der Waals surface area contributed by atoms with Crippen LogP contribution in [0.3, 0.4) is 0 Å². The molecule has 2 unspecified atom stereocenters. The molecule has 3 rings (SSSR count). The molecule has 0 radical (unpaired) electrons. The van der Waals surface area contributed by atoms with E-state index in [0.717, 1.165) is 43.9 Å². The first-order chi connectivity index (χ1) is 17.0. The van der Waals surface area contributed by atoms with Gasteiger partial charge in [-0.1, -0.05) is 67.4 Å². The molecule has 3 aromatic rings. The number of unbranched alkanes of at least 4 members (excludes halogenated alkanes) is 3. The number of aliphatic hydroxyl groups is 1. The zero-order chi connectivity index (χ0) is 25.0. The number of hydrogen-bond donors (Lipinski definition) is 3. The topological polar surface area (TPSA) is 104 Å². The van der Waals surface area contributed by atoms with Crippen LogP contribution in [0.25, 0.3) is 0 Å². The quantitative estimate of drug-likeness (QED) is 0.191. The number of aromatic carboxylic acids is 1. The zero-order valence-electron chi connectivity index (χ0n) is 19.4. The Hall–Kier alpha value is -3.29. The summed E-state index contributed by atoms with van der Waals surface area (Å²) < 4.78 is 6.00. The molecule has 0 saturated heterocycles. The predicted octanol–water partition coefficient (Wildman–Crippen LogP) is 5.85. The van der Waals surface area contributed by atoms with Crippen LogP contribution < -0.4 is 4.74 Å². The smallest absolute Gasteiger partial charge is 0.335 e. The van der Waals surface area contributed by atoms with Crippen LogP contribution in [-0.2, 0) is 11.2 Å². The summed E-state index contributed by atoms with van der Waals surface area (Å²) in [7, 11) is 0. The molecule has 0 fully saturated rings. The lowest BCUT2D eigenvalue weighted by Crippen LogP contribution is -2.26. The number of thioether (sulfide) groups is 1. The molecule has 0 aliphatic heterocycles. The summed E-state index contributed by atoms with van der Waals surface area (Å²) in [6.45, 7) is 0.484. The van der Waals surface area contributed by atoms with E-state index in [4.69, 9.17) is 4.74 Å². The molecule has 3 aromatic carbocycles. The lowest BCUT2D eigenvalue weighted by Gasteiger charge is -2.23. The van der Waals surface area contributed by atoms with Crippen molar-refractivity contribution in [3.8, 4) is 5.75 Å². The van der Waals surface area contributed by atoms with E-state index in [1.54, 1.807) is 36.4 Å². The number of rotatable bonds is 14. The van der Waals surface area contributed by atoms with Crippen LogP contribution in [0.15, 0.2) is 83.8 Å². The third-order valence-electron chi connectivity index (χ3n) is 5.57. The molecule has 0 aromatic heterocycles. The van der Waals surface area contributed by atoms with Crippen molar-refractivity contribution >= 4 is 23.7 Å². The van der Waals surface area contributed by atoms with E-state index >= 15 is 0 Å². The van der Waals surface area contributed by atoms with Crippen molar-refractivity contribution < 1.29 is 29.6 Å². The van der Waals surface area contributed by atoms with Gasteiger partial charge in [-0.05, 0) is 49.1 Å². The predicted molar refractivity (Wildman–Crippen MR) is 136 cm³/mol. The number of aliphatic carboxylic acids is 1. The summed E-state index contributed by atoms with van der Waals surface area (Å²) in [4.78, 5) is 23.5. The molecule has 0 aliphatic rings. The minimum absolute atomic E-state index is 0.0929. The highest BCUT2D eigenvalue weighted by Gasteiger charge is 2.31. The molecule has 2 atom stereocenters. The van der Waals surface area contributed by atoms with Gasteiger partial charge in [0, 0.05) is 10.5 Å². The lowest BCUT2D eigenvalue weighted by atomic mass is 10.1. The van der Waals surface area contributed by atoms with Crippen molar-refractivity contribution in [2.45, 2.75) is 48.4 Å². The van der Waals surface area contributed by atoms with Crippen LogP contribution in [0, 0.1) is 0 Å². The molecule has 6 nitrogen and oxygen atoms in total. The number of ether oxygens (including phenoxy) is 1. The third kappa shape index (κ3) is 8.16. The zero-order valence-corrected chi connectivity index (χ0v) is 20.2. The molecular weight excluding hydrogens is 464 g/mol. The summed E-state index contributed by atoms with van der Waals surface area (Å²) in [5, 5.41) is 28.4. The van der Waals surface area contributed by atoms with Crippen LogP contribution in [0.2, 0.25) is 0 Å². The highest BCUT2D eigenvalue weighted by molar-refractivity contribution is 7.99. The van der Waals surface area contributed by atoms with Gasteiger partial charge >= 0.3 is 11.9 Å². The summed E-state index contributed by atoms with van der Waals surface area (Å²) >= 11 is 1.10. The highest BCUT2D eigenvalue weighted by atomic mass is 32.2. The first-order valence-corrected chi connectivity index (χ1v) is 12.5. The first kappa shape index (κ1) is 26.3. The Morgan fingerprint density at radius 1 is 0.829 bits per heavy atom. The van der Waals surface area contributed by atoms with Gasteiger partial charge in [-0.2, -0.15) is 0 Å². The largest absolute Gasteiger partial charge is 0.493 e. The Morgan fingerprint density at radius 2 is 1.54 bits per heavy atom. The number of carboxylic acids is 2. The molecule has 3 N–H and O–H groups in total. The first-order valence-electron chi connectivity index (χ1n) is 11.6. The SMILES string of the molecule is O=C(O)c1cccc(SC(c2ccccc2OCCCCCCc2ccccc2)C(O)C(=O)O)c1. The maximum Gasteiger partial charge on any atom is 0.335 e. The van der Waals surface area contributed by atoms with E-state index in [-0.39, 0.29) is 5.56 Å². The van der Waals surface area contributed by atoms with Gasteiger partial charge in [-0.25, -0.2) is 9.59 Å². The van der Waals surface area contributed by atoms with Crippen molar-refractivity contribution in [1.29, 1.82) is 0 Å². The fourth-order valence-electron chi connectivity index (χ4n) is 3.74. The Morgan fingerprint density at radius 3 is 2.29 bits per heavy atom. The van der Waals surface area contributed by atoms with E-state index in [1.807, 2.05) is 6.07 Å².